The molecule has 0 radical (unpaired) electrons. The molecule has 8 nitrogen and oxygen atoms in total. The number of aromatic carboxylic acids is 1. The van der Waals surface area contributed by atoms with E-state index in [0.717, 1.165) is 27.7 Å². The van der Waals surface area contributed by atoms with Crippen molar-refractivity contribution >= 4 is 28.5 Å². The number of anilines is 1. The first kappa shape index (κ1) is 28.2. The van der Waals surface area contributed by atoms with E-state index >= 15 is 0 Å². The minimum atomic E-state index is -1.18. The van der Waals surface area contributed by atoms with Gasteiger partial charge in [-0.1, -0.05) is 45.9 Å². The van der Waals surface area contributed by atoms with Gasteiger partial charge < -0.3 is 10.0 Å². The fourth-order valence-electron chi connectivity index (χ4n) is 3.61. The van der Waals surface area contributed by atoms with Gasteiger partial charge in [0.25, 0.3) is 0 Å². The molecular formula is C28H35N5O3. The van der Waals surface area contributed by atoms with Crippen molar-refractivity contribution < 1.29 is 14.7 Å². The Morgan fingerprint density at radius 3 is 2.31 bits per heavy atom. The number of fused-ring (bicyclic) bond motifs is 1. The summed E-state index contributed by atoms with van der Waals surface area (Å²) in [7, 11) is 1.64. The third kappa shape index (κ3) is 7.21. The number of carboxylic acids is 1. The molecule has 1 amide bonds. The molecule has 3 heterocycles. The summed E-state index contributed by atoms with van der Waals surface area (Å²) in [5.41, 5.74) is 3.70. The maximum atomic E-state index is 13.3. The molecule has 8 heteroatoms. The molecular weight excluding hydrogens is 454 g/mol. The number of aromatic nitrogens is 4. The second-order valence-electron chi connectivity index (χ2n) is 7.66. The Kier molecular flexibility index (Phi) is 10.7. The van der Waals surface area contributed by atoms with Gasteiger partial charge in [0.2, 0.25) is 5.91 Å². The Balaban J connectivity index is 0.00000109. The van der Waals surface area contributed by atoms with E-state index in [1.807, 2.05) is 77.1 Å². The van der Waals surface area contributed by atoms with Crippen LogP contribution in [0.1, 0.15) is 61.4 Å². The maximum absolute atomic E-state index is 13.3. The lowest BCUT2D eigenvalue weighted by atomic mass is 10.1. The van der Waals surface area contributed by atoms with Gasteiger partial charge in [-0.3, -0.25) is 19.4 Å². The Labute approximate surface area is 212 Å². The van der Waals surface area contributed by atoms with Gasteiger partial charge in [0.15, 0.2) is 5.69 Å². The zero-order chi connectivity index (χ0) is 26.7. The van der Waals surface area contributed by atoms with Crippen LogP contribution in [0.15, 0.2) is 61.1 Å². The summed E-state index contributed by atoms with van der Waals surface area (Å²) in [4.78, 5) is 35.1. The number of rotatable bonds is 7. The molecule has 0 fully saturated rings. The van der Waals surface area contributed by atoms with Crippen molar-refractivity contribution in [3.05, 3.63) is 83.6 Å². The van der Waals surface area contributed by atoms with Crippen molar-refractivity contribution in [2.45, 2.75) is 54.0 Å². The smallest absolute Gasteiger partial charge is 0.358 e. The SMILES string of the molecule is CC.CC.Cc1ccc2ccc(CN(C(=O)CCc3ccncc3)c3cn(C)nc3C(=O)O)cc2n1. The lowest BCUT2D eigenvalue weighted by Gasteiger charge is -2.22. The summed E-state index contributed by atoms with van der Waals surface area (Å²) in [6.45, 7) is 10.1. The molecule has 4 aromatic rings. The predicted octanol–water partition coefficient (Wildman–Crippen LogP) is 5.59. The topological polar surface area (TPSA) is 101 Å². The third-order valence-electron chi connectivity index (χ3n) is 5.22. The van der Waals surface area contributed by atoms with E-state index in [1.165, 1.54) is 9.58 Å². The molecule has 0 unspecified atom stereocenters. The maximum Gasteiger partial charge on any atom is 0.358 e. The van der Waals surface area contributed by atoms with Gasteiger partial charge in [-0.2, -0.15) is 5.10 Å². The van der Waals surface area contributed by atoms with Gasteiger partial charge in [-0.25, -0.2) is 4.79 Å². The third-order valence-corrected chi connectivity index (χ3v) is 5.22. The van der Waals surface area contributed by atoms with Crippen LogP contribution in [-0.4, -0.2) is 36.7 Å². The first-order valence-corrected chi connectivity index (χ1v) is 12.2. The molecule has 0 bridgehead atoms. The molecule has 0 aliphatic carbocycles. The lowest BCUT2D eigenvalue weighted by Crippen LogP contribution is -2.31. The second-order valence-corrected chi connectivity index (χ2v) is 7.66. The Hall–Kier alpha value is -4.07. The van der Waals surface area contributed by atoms with E-state index in [2.05, 4.69) is 15.1 Å². The summed E-state index contributed by atoms with van der Waals surface area (Å²) in [5.74, 6) is -1.36. The van der Waals surface area contributed by atoms with E-state index in [4.69, 9.17) is 0 Å². The fraction of sp³-hybridized carbons (Fsp3) is 0.321. The molecule has 0 atom stereocenters. The Morgan fingerprint density at radius 1 is 0.972 bits per heavy atom. The van der Waals surface area contributed by atoms with Gasteiger partial charge in [-0.05, 0) is 48.7 Å². The van der Waals surface area contributed by atoms with Crippen LogP contribution in [-0.2, 0) is 24.8 Å². The van der Waals surface area contributed by atoms with Crippen molar-refractivity contribution in [2.24, 2.45) is 7.05 Å². The van der Waals surface area contributed by atoms with E-state index in [1.54, 1.807) is 25.6 Å². The van der Waals surface area contributed by atoms with Crippen LogP contribution in [0.3, 0.4) is 0 Å². The van der Waals surface area contributed by atoms with Crippen LogP contribution in [0.5, 0.6) is 0 Å². The summed E-state index contributed by atoms with van der Waals surface area (Å²) < 4.78 is 1.41. The molecule has 0 aliphatic heterocycles. The van der Waals surface area contributed by atoms with Crippen molar-refractivity contribution in [1.82, 2.24) is 19.7 Å². The van der Waals surface area contributed by atoms with Crippen molar-refractivity contribution in [2.75, 3.05) is 4.90 Å². The number of nitrogens with zero attached hydrogens (tertiary/aromatic N) is 5. The van der Waals surface area contributed by atoms with E-state index in [0.29, 0.717) is 6.42 Å². The molecule has 1 aromatic carbocycles. The van der Waals surface area contributed by atoms with Crippen molar-refractivity contribution in [3.63, 3.8) is 0 Å². The van der Waals surface area contributed by atoms with Crippen LogP contribution in [0.2, 0.25) is 0 Å². The van der Waals surface area contributed by atoms with Gasteiger partial charge in [-0.15, -0.1) is 0 Å². The lowest BCUT2D eigenvalue weighted by molar-refractivity contribution is -0.118. The average molecular weight is 490 g/mol. The van der Waals surface area contributed by atoms with E-state index in [9.17, 15) is 14.7 Å². The number of carboxylic acid groups (broad SMARTS) is 1. The van der Waals surface area contributed by atoms with Gasteiger partial charge in [0, 0.05) is 43.1 Å². The number of carbonyl (C=O) groups is 2. The van der Waals surface area contributed by atoms with Crippen molar-refractivity contribution in [3.8, 4) is 0 Å². The largest absolute Gasteiger partial charge is 0.476 e. The molecule has 0 aliphatic rings. The van der Waals surface area contributed by atoms with Crippen LogP contribution in [0.4, 0.5) is 5.69 Å². The number of amides is 1. The number of carbonyl (C=O) groups excluding carboxylic acids is 1. The zero-order valence-electron chi connectivity index (χ0n) is 21.9. The fourth-order valence-corrected chi connectivity index (χ4v) is 3.61. The number of hydrogen-bond donors (Lipinski definition) is 1. The highest BCUT2D eigenvalue weighted by atomic mass is 16.4. The van der Waals surface area contributed by atoms with E-state index < -0.39 is 5.97 Å². The highest BCUT2D eigenvalue weighted by molar-refractivity contribution is 6.00. The van der Waals surface area contributed by atoms with Crippen LogP contribution in [0, 0.1) is 6.92 Å². The number of hydrogen-bond acceptors (Lipinski definition) is 5. The standard InChI is InChI=1S/C24H23N5O3.2C2H6/c1-16-3-6-19-7-4-18(13-20(19)26-16)14-29(21-15-28(2)27-23(21)24(31)32)22(30)8-5-17-9-11-25-12-10-17;2*1-2/h3-4,6-7,9-13,15H,5,8,14H2,1-2H3,(H,31,32);2*1-2H3. The summed E-state index contributed by atoms with van der Waals surface area (Å²) in [5, 5.41) is 14.7. The first-order valence-electron chi connectivity index (χ1n) is 12.2. The zero-order valence-corrected chi connectivity index (χ0v) is 21.9. The summed E-state index contributed by atoms with van der Waals surface area (Å²) in [6.07, 6.45) is 5.69. The minimum Gasteiger partial charge on any atom is -0.476 e. The summed E-state index contributed by atoms with van der Waals surface area (Å²) >= 11 is 0. The highest BCUT2D eigenvalue weighted by Crippen LogP contribution is 2.24. The monoisotopic (exact) mass is 489 g/mol. The predicted molar refractivity (Wildman–Crippen MR) is 143 cm³/mol. The van der Waals surface area contributed by atoms with E-state index in [-0.39, 0.29) is 30.3 Å². The molecule has 190 valence electrons. The summed E-state index contributed by atoms with van der Waals surface area (Å²) in [6, 6.07) is 13.5. The molecule has 0 saturated heterocycles. The van der Waals surface area contributed by atoms with Crippen LogP contribution < -0.4 is 4.90 Å². The van der Waals surface area contributed by atoms with Crippen LogP contribution >= 0.6 is 0 Å². The first-order chi connectivity index (χ1) is 17.4. The molecule has 1 N–H and O–H groups in total. The molecule has 3 aromatic heterocycles. The molecule has 36 heavy (non-hydrogen) atoms. The number of pyridine rings is 2. The molecule has 0 spiro atoms. The quantitative estimate of drug-likeness (QED) is 0.363. The number of aryl methyl sites for hydroxylation is 3. The molecule has 0 saturated carbocycles. The van der Waals surface area contributed by atoms with Crippen molar-refractivity contribution in [1.29, 1.82) is 0 Å². The highest BCUT2D eigenvalue weighted by Gasteiger charge is 2.25. The second kappa shape index (κ2) is 13.7. The van der Waals surface area contributed by atoms with Gasteiger partial charge in [0.1, 0.15) is 0 Å². The Bertz CT molecular complexity index is 1290. The normalized spacial score (nSPS) is 10.1. The van der Waals surface area contributed by atoms with Gasteiger partial charge >= 0.3 is 5.97 Å². The van der Waals surface area contributed by atoms with Crippen LogP contribution in [0.25, 0.3) is 10.9 Å². The van der Waals surface area contributed by atoms with Gasteiger partial charge in [0.05, 0.1) is 17.7 Å². The Morgan fingerprint density at radius 2 is 1.64 bits per heavy atom. The number of benzene rings is 1. The average Bonchev–Trinajstić information content (AvgIpc) is 3.30. The molecule has 4 rings (SSSR count). The minimum absolute atomic E-state index is 0.153.